The number of carbonyl (C=O) groups is 1. The van der Waals surface area contributed by atoms with Crippen molar-refractivity contribution < 1.29 is 4.79 Å². The highest BCUT2D eigenvalue weighted by atomic mass is 16.2. The minimum Gasteiger partial charge on any atom is -0.329 e. The predicted octanol–water partition coefficient (Wildman–Crippen LogP) is 3.35. The molecule has 2 amide bonds. The van der Waals surface area contributed by atoms with Crippen molar-refractivity contribution in [2.45, 2.75) is 39.7 Å². The number of rotatable bonds is 4. The Bertz CT molecular complexity index is 673. The monoisotopic (exact) mass is 300 g/mol. The number of hydrogen-bond donors (Lipinski definition) is 2. The summed E-state index contributed by atoms with van der Waals surface area (Å²) in [6.45, 7) is 8.05. The number of nitrogens with one attached hydrogen (secondary N) is 2. The van der Waals surface area contributed by atoms with Crippen molar-refractivity contribution in [2.75, 3.05) is 5.32 Å². The highest BCUT2D eigenvalue weighted by Crippen LogP contribution is 2.21. The first kappa shape index (κ1) is 16.1. The van der Waals surface area contributed by atoms with Gasteiger partial charge in [-0.25, -0.2) is 4.79 Å². The molecule has 118 valence electrons. The summed E-state index contributed by atoms with van der Waals surface area (Å²) in [6.07, 6.45) is 0.839. The molecule has 22 heavy (non-hydrogen) atoms. The molecule has 1 aromatic carbocycles. The quantitative estimate of drug-likeness (QED) is 0.909. The zero-order valence-corrected chi connectivity index (χ0v) is 13.9. The summed E-state index contributed by atoms with van der Waals surface area (Å²) < 4.78 is 1.68. The molecule has 5 nitrogen and oxygen atoms in total. The number of aryl methyl sites for hydroxylation is 3. The van der Waals surface area contributed by atoms with Crippen molar-refractivity contribution >= 4 is 11.8 Å². The molecule has 0 saturated carbocycles. The topological polar surface area (TPSA) is 59.0 Å². The molecule has 0 aliphatic heterocycles. The molecule has 2 rings (SSSR count). The maximum atomic E-state index is 12.3. The second kappa shape index (κ2) is 6.22. The first-order chi connectivity index (χ1) is 10.3. The van der Waals surface area contributed by atoms with Crippen LogP contribution in [-0.2, 0) is 19.0 Å². The molecule has 0 fully saturated rings. The number of benzene rings is 1. The number of carbonyl (C=O) groups excluding carboxylic acids is 1. The minimum absolute atomic E-state index is 0.239. The lowest BCUT2D eigenvalue weighted by Crippen LogP contribution is -2.43. The third-order valence-electron chi connectivity index (χ3n) is 3.70. The molecule has 2 N–H and O–H groups in total. The molecule has 1 aromatic heterocycles. The van der Waals surface area contributed by atoms with E-state index in [0.29, 0.717) is 5.82 Å². The van der Waals surface area contributed by atoms with Gasteiger partial charge >= 0.3 is 6.03 Å². The van der Waals surface area contributed by atoms with Gasteiger partial charge in [-0.1, -0.05) is 36.8 Å². The molecule has 0 bridgehead atoms. The van der Waals surface area contributed by atoms with E-state index < -0.39 is 5.54 Å². The first-order valence-electron chi connectivity index (χ1n) is 7.51. The lowest BCUT2D eigenvalue weighted by atomic mass is 9.93. The standard InChI is InChI=1S/C17H24N4O/c1-6-14-11-15(21(5)20-14)18-16(22)19-17(3,4)13-9-7-8-12(2)10-13/h7-11H,6H2,1-5H3,(H2,18,19,22). The lowest BCUT2D eigenvalue weighted by Gasteiger charge is -2.27. The summed E-state index contributed by atoms with van der Waals surface area (Å²) in [5, 5.41) is 10.2. The molecule has 0 aliphatic carbocycles. The fourth-order valence-corrected chi connectivity index (χ4v) is 2.35. The maximum absolute atomic E-state index is 12.3. The number of amides is 2. The van der Waals surface area contributed by atoms with Gasteiger partial charge in [0.15, 0.2) is 0 Å². The molecule has 0 radical (unpaired) electrons. The summed E-state index contributed by atoms with van der Waals surface area (Å²) in [4.78, 5) is 12.3. The third kappa shape index (κ3) is 3.67. The smallest absolute Gasteiger partial charge is 0.321 e. The Labute approximate surface area is 131 Å². The minimum atomic E-state index is -0.456. The molecule has 0 saturated heterocycles. The van der Waals surface area contributed by atoms with Gasteiger partial charge in [0.05, 0.1) is 11.2 Å². The van der Waals surface area contributed by atoms with Crippen LogP contribution >= 0.6 is 0 Å². The second-order valence-corrected chi connectivity index (χ2v) is 6.07. The molecular formula is C17H24N4O. The van der Waals surface area contributed by atoms with Crippen LogP contribution in [0.25, 0.3) is 0 Å². The van der Waals surface area contributed by atoms with Crippen LogP contribution in [-0.4, -0.2) is 15.8 Å². The fraction of sp³-hybridized carbons (Fsp3) is 0.412. The van der Waals surface area contributed by atoms with E-state index in [1.165, 1.54) is 5.56 Å². The van der Waals surface area contributed by atoms with Crippen molar-refractivity contribution in [3.05, 3.63) is 47.2 Å². The first-order valence-corrected chi connectivity index (χ1v) is 7.51. The molecule has 0 aliphatic rings. The van der Waals surface area contributed by atoms with Gasteiger partial charge < -0.3 is 5.32 Å². The van der Waals surface area contributed by atoms with Gasteiger partial charge in [0.25, 0.3) is 0 Å². The lowest BCUT2D eigenvalue weighted by molar-refractivity contribution is 0.241. The Morgan fingerprint density at radius 3 is 2.64 bits per heavy atom. The number of aromatic nitrogens is 2. The molecule has 1 heterocycles. The Morgan fingerprint density at radius 2 is 2.05 bits per heavy atom. The third-order valence-corrected chi connectivity index (χ3v) is 3.70. The Balaban J connectivity index is 2.08. The van der Waals surface area contributed by atoms with E-state index in [2.05, 4.69) is 21.8 Å². The highest BCUT2D eigenvalue weighted by molar-refractivity contribution is 5.89. The van der Waals surface area contributed by atoms with Crippen LogP contribution in [0, 0.1) is 6.92 Å². The zero-order chi connectivity index (χ0) is 16.3. The van der Waals surface area contributed by atoms with Crippen molar-refractivity contribution in [3.8, 4) is 0 Å². The number of hydrogen-bond acceptors (Lipinski definition) is 2. The van der Waals surface area contributed by atoms with Crippen molar-refractivity contribution in [3.63, 3.8) is 0 Å². The Hall–Kier alpha value is -2.30. The van der Waals surface area contributed by atoms with E-state index in [4.69, 9.17) is 0 Å². The van der Waals surface area contributed by atoms with Crippen LogP contribution in [0.4, 0.5) is 10.6 Å². The van der Waals surface area contributed by atoms with E-state index in [-0.39, 0.29) is 6.03 Å². The Kier molecular flexibility index (Phi) is 4.54. The summed E-state index contributed by atoms with van der Waals surface area (Å²) in [5.74, 6) is 0.689. The van der Waals surface area contributed by atoms with Gasteiger partial charge in [0, 0.05) is 13.1 Å². The van der Waals surface area contributed by atoms with Crippen LogP contribution in [0.3, 0.4) is 0 Å². The van der Waals surface area contributed by atoms with Crippen molar-refractivity contribution in [1.82, 2.24) is 15.1 Å². The zero-order valence-electron chi connectivity index (χ0n) is 13.9. The molecule has 0 unspecified atom stereocenters. The summed E-state index contributed by atoms with van der Waals surface area (Å²) in [5.41, 5.74) is 2.74. The van der Waals surface area contributed by atoms with Crippen LogP contribution in [0.5, 0.6) is 0 Å². The Morgan fingerprint density at radius 1 is 1.32 bits per heavy atom. The van der Waals surface area contributed by atoms with Crippen LogP contribution < -0.4 is 10.6 Å². The summed E-state index contributed by atoms with van der Waals surface area (Å²) in [6, 6.07) is 9.80. The molecule has 0 spiro atoms. The van der Waals surface area contributed by atoms with Crippen LogP contribution in [0.1, 0.15) is 37.6 Å². The second-order valence-electron chi connectivity index (χ2n) is 6.07. The van der Waals surface area contributed by atoms with E-state index in [1.54, 1.807) is 4.68 Å². The van der Waals surface area contributed by atoms with Crippen LogP contribution in [0.2, 0.25) is 0 Å². The average molecular weight is 300 g/mol. The maximum Gasteiger partial charge on any atom is 0.321 e. The van der Waals surface area contributed by atoms with Crippen LogP contribution in [0.15, 0.2) is 30.3 Å². The SMILES string of the molecule is CCc1cc(NC(=O)NC(C)(C)c2cccc(C)c2)n(C)n1. The number of nitrogens with zero attached hydrogens (tertiary/aromatic N) is 2. The van der Waals surface area contributed by atoms with E-state index in [1.807, 2.05) is 59.0 Å². The largest absolute Gasteiger partial charge is 0.329 e. The summed E-state index contributed by atoms with van der Waals surface area (Å²) >= 11 is 0. The van der Waals surface area contributed by atoms with Gasteiger partial charge in [-0.2, -0.15) is 5.10 Å². The van der Waals surface area contributed by atoms with E-state index in [9.17, 15) is 4.79 Å². The summed E-state index contributed by atoms with van der Waals surface area (Å²) in [7, 11) is 1.82. The molecule has 2 aromatic rings. The predicted molar refractivity (Wildman–Crippen MR) is 88.9 cm³/mol. The molecule has 5 heteroatoms. The van der Waals surface area contributed by atoms with Crippen molar-refractivity contribution in [1.29, 1.82) is 0 Å². The van der Waals surface area contributed by atoms with Gasteiger partial charge in [-0.05, 0) is 32.8 Å². The normalized spacial score (nSPS) is 11.3. The van der Waals surface area contributed by atoms with Gasteiger partial charge in [-0.3, -0.25) is 10.00 Å². The van der Waals surface area contributed by atoms with E-state index in [0.717, 1.165) is 17.7 Å². The molecular weight excluding hydrogens is 276 g/mol. The number of urea groups is 1. The average Bonchev–Trinajstić information content (AvgIpc) is 2.78. The van der Waals surface area contributed by atoms with Gasteiger partial charge in [-0.15, -0.1) is 0 Å². The van der Waals surface area contributed by atoms with Gasteiger partial charge in [0.2, 0.25) is 0 Å². The van der Waals surface area contributed by atoms with Gasteiger partial charge in [0.1, 0.15) is 5.82 Å². The van der Waals surface area contributed by atoms with E-state index >= 15 is 0 Å². The van der Waals surface area contributed by atoms with Crippen molar-refractivity contribution in [2.24, 2.45) is 7.05 Å². The number of anilines is 1. The fourth-order valence-electron chi connectivity index (χ4n) is 2.35. The highest BCUT2D eigenvalue weighted by Gasteiger charge is 2.23. The molecule has 0 atom stereocenters.